The minimum Gasteiger partial charge on any atom is -0.371 e. The fraction of sp³-hybridized carbons (Fsp3) is 0.588. The number of hydrogen-bond donors (Lipinski definition) is 2. The van der Waals surface area contributed by atoms with Crippen LogP contribution in [0.15, 0.2) is 28.7 Å². The number of amides is 1. The predicted octanol–water partition coefficient (Wildman–Crippen LogP) is 2.39. The van der Waals surface area contributed by atoms with Crippen molar-refractivity contribution in [1.82, 2.24) is 10.6 Å². The maximum Gasteiger partial charge on any atom is 0.233 e. The second-order valence-electron chi connectivity index (χ2n) is 6.46. The molecule has 1 aromatic carbocycles. The molecule has 2 N–H and O–H groups in total. The lowest BCUT2D eigenvalue weighted by Crippen LogP contribution is -2.37. The van der Waals surface area contributed by atoms with Crippen molar-refractivity contribution in [2.75, 3.05) is 37.6 Å². The summed E-state index contributed by atoms with van der Waals surface area (Å²) < 4.78 is 1.11. The molecule has 1 unspecified atom stereocenters. The molecule has 0 radical (unpaired) electrons. The molecule has 2 aliphatic rings. The van der Waals surface area contributed by atoms with E-state index >= 15 is 0 Å². The zero-order valence-electron chi connectivity index (χ0n) is 12.9. The van der Waals surface area contributed by atoms with Crippen LogP contribution < -0.4 is 15.5 Å². The molecule has 120 valence electrons. The highest BCUT2D eigenvalue weighted by atomic mass is 79.9. The predicted molar refractivity (Wildman–Crippen MR) is 93.1 cm³/mol. The number of anilines is 1. The molecule has 0 aromatic heterocycles. The molecule has 3 rings (SSSR count). The van der Waals surface area contributed by atoms with Gasteiger partial charge in [0, 0.05) is 29.8 Å². The van der Waals surface area contributed by atoms with Gasteiger partial charge in [0.1, 0.15) is 0 Å². The molecule has 1 amide bonds. The first-order chi connectivity index (χ1) is 10.7. The Morgan fingerprint density at radius 1 is 1.23 bits per heavy atom. The number of nitrogens with zero attached hydrogens (tertiary/aromatic N) is 1. The number of benzene rings is 1. The topological polar surface area (TPSA) is 44.4 Å². The van der Waals surface area contributed by atoms with Crippen molar-refractivity contribution >= 4 is 27.5 Å². The normalized spacial score (nSPS) is 21.1. The Morgan fingerprint density at radius 3 is 2.86 bits per heavy atom. The van der Waals surface area contributed by atoms with Crippen molar-refractivity contribution in [2.24, 2.45) is 11.8 Å². The lowest BCUT2D eigenvalue weighted by Gasteiger charge is -2.19. The molecule has 1 aliphatic heterocycles. The number of carbonyl (C=O) groups is 1. The molecule has 4 nitrogen and oxygen atoms in total. The monoisotopic (exact) mass is 365 g/mol. The van der Waals surface area contributed by atoms with Crippen LogP contribution in [-0.4, -0.2) is 38.6 Å². The summed E-state index contributed by atoms with van der Waals surface area (Å²) in [6.07, 6.45) is 3.78. The Bertz CT molecular complexity index is 518. The lowest BCUT2D eigenvalue weighted by molar-refractivity contribution is -0.120. The largest absolute Gasteiger partial charge is 0.371 e. The number of hydrogen-bond acceptors (Lipinski definition) is 3. The first-order valence-corrected chi connectivity index (χ1v) is 8.98. The van der Waals surface area contributed by atoms with Crippen molar-refractivity contribution < 1.29 is 4.79 Å². The third-order valence-electron chi connectivity index (χ3n) is 4.46. The highest BCUT2D eigenvalue weighted by Crippen LogP contribution is 2.27. The molecule has 1 heterocycles. The van der Waals surface area contributed by atoms with Gasteiger partial charge < -0.3 is 15.5 Å². The summed E-state index contributed by atoms with van der Waals surface area (Å²) in [4.78, 5) is 14.2. The van der Waals surface area contributed by atoms with Crippen LogP contribution in [0.3, 0.4) is 0 Å². The summed E-state index contributed by atoms with van der Waals surface area (Å²) in [7, 11) is 0. The smallest absolute Gasteiger partial charge is 0.233 e. The van der Waals surface area contributed by atoms with E-state index in [1.54, 1.807) is 0 Å². The van der Waals surface area contributed by atoms with Crippen LogP contribution in [0.25, 0.3) is 0 Å². The Kier molecular flexibility index (Phi) is 5.37. The number of nitrogens with one attached hydrogen (secondary N) is 2. The standard InChI is InChI=1S/C17H24BrN3O/c18-15-2-1-3-16(8-15)21-7-6-14(12-21)10-20-17(22)11-19-9-13-4-5-13/h1-3,8,13-14,19H,4-7,9-12H2,(H,20,22). The van der Waals surface area contributed by atoms with Crippen LogP contribution in [0.4, 0.5) is 5.69 Å². The molecule has 0 bridgehead atoms. The molecule has 1 atom stereocenters. The minimum atomic E-state index is 0.126. The molecular weight excluding hydrogens is 342 g/mol. The number of halogens is 1. The quantitative estimate of drug-likeness (QED) is 0.779. The van der Waals surface area contributed by atoms with Crippen molar-refractivity contribution in [2.45, 2.75) is 19.3 Å². The Hall–Kier alpha value is -1.07. The zero-order chi connectivity index (χ0) is 15.4. The van der Waals surface area contributed by atoms with E-state index < -0.39 is 0 Å². The molecule has 2 fully saturated rings. The number of carbonyl (C=O) groups excluding carboxylic acids is 1. The molecule has 1 aliphatic carbocycles. The molecule has 1 saturated carbocycles. The summed E-state index contributed by atoms with van der Waals surface area (Å²) >= 11 is 3.52. The van der Waals surface area contributed by atoms with Gasteiger partial charge in [0.15, 0.2) is 0 Å². The maximum absolute atomic E-state index is 11.8. The van der Waals surface area contributed by atoms with Gasteiger partial charge in [0.25, 0.3) is 0 Å². The van der Waals surface area contributed by atoms with E-state index in [1.807, 2.05) is 6.07 Å². The van der Waals surface area contributed by atoms with Gasteiger partial charge in [0.05, 0.1) is 6.54 Å². The Labute approximate surface area is 140 Å². The van der Waals surface area contributed by atoms with Crippen LogP contribution in [-0.2, 0) is 4.79 Å². The Morgan fingerprint density at radius 2 is 2.09 bits per heavy atom. The molecule has 5 heteroatoms. The van der Waals surface area contributed by atoms with Crippen LogP contribution in [0.2, 0.25) is 0 Å². The van der Waals surface area contributed by atoms with E-state index in [0.29, 0.717) is 12.5 Å². The minimum absolute atomic E-state index is 0.126. The SMILES string of the molecule is O=C(CNCC1CC1)NCC1CCN(c2cccc(Br)c2)C1. The van der Waals surface area contributed by atoms with E-state index in [0.717, 1.165) is 43.0 Å². The summed E-state index contributed by atoms with van der Waals surface area (Å²) in [5.41, 5.74) is 1.26. The third kappa shape index (κ3) is 4.71. The van der Waals surface area contributed by atoms with Crippen molar-refractivity contribution in [3.05, 3.63) is 28.7 Å². The first-order valence-electron chi connectivity index (χ1n) is 8.18. The average molecular weight is 366 g/mol. The van der Waals surface area contributed by atoms with Crippen LogP contribution in [0.1, 0.15) is 19.3 Å². The zero-order valence-corrected chi connectivity index (χ0v) is 14.4. The molecule has 1 aromatic rings. The van der Waals surface area contributed by atoms with E-state index in [2.05, 4.69) is 49.7 Å². The second-order valence-corrected chi connectivity index (χ2v) is 7.37. The van der Waals surface area contributed by atoms with Gasteiger partial charge in [-0.3, -0.25) is 4.79 Å². The van der Waals surface area contributed by atoms with Gasteiger partial charge in [-0.25, -0.2) is 0 Å². The molecule has 22 heavy (non-hydrogen) atoms. The highest BCUT2D eigenvalue weighted by molar-refractivity contribution is 9.10. The van der Waals surface area contributed by atoms with Gasteiger partial charge in [-0.1, -0.05) is 22.0 Å². The van der Waals surface area contributed by atoms with Crippen molar-refractivity contribution in [3.8, 4) is 0 Å². The third-order valence-corrected chi connectivity index (χ3v) is 4.96. The fourth-order valence-electron chi connectivity index (χ4n) is 2.94. The number of rotatable bonds is 7. The van der Waals surface area contributed by atoms with E-state index in [-0.39, 0.29) is 5.91 Å². The highest BCUT2D eigenvalue weighted by Gasteiger charge is 2.23. The van der Waals surface area contributed by atoms with Crippen LogP contribution >= 0.6 is 15.9 Å². The molecule has 1 saturated heterocycles. The molecule has 0 spiro atoms. The van der Waals surface area contributed by atoms with Gasteiger partial charge in [-0.15, -0.1) is 0 Å². The maximum atomic E-state index is 11.8. The van der Waals surface area contributed by atoms with Crippen LogP contribution in [0.5, 0.6) is 0 Å². The fourth-order valence-corrected chi connectivity index (χ4v) is 3.33. The Balaban J connectivity index is 1.36. The van der Waals surface area contributed by atoms with Crippen molar-refractivity contribution in [1.29, 1.82) is 0 Å². The van der Waals surface area contributed by atoms with Gasteiger partial charge in [0.2, 0.25) is 5.91 Å². The van der Waals surface area contributed by atoms with E-state index in [9.17, 15) is 4.79 Å². The van der Waals surface area contributed by atoms with Crippen LogP contribution in [0, 0.1) is 11.8 Å². The lowest BCUT2D eigenvalue weighted by atomic mass is 10.1. The summed E-state index contributed by atoms with van der Waals surface area (Å²) in [6.45, 7) is 4.32. The van der Waals surface area contributed by atoms with E-state index in [1.165, 1.54) is 18.5 Å². The average Bonchev–Trinajstić information content (AvgIpc) is 3.20. The van der Waals surface area contributed by atoms with Gasteiger partial charge in [-0.05, 0) is 55.8 Å². The molecular formula is C17H24BrN3O. The van der Waals surface area contributed by atoms with Crippen molar-refractivity contribution in [3.63, 3.8) is 0 Å². The second kappa shape index (κ2) is 7.47. The summed E-state index contributed by atoms with van der Waals surface area (Å²) in [5, 5.41) is 6.30. The van der Waals surface area contributed by atoms with Gasteiger partial charge >= 0.3 is 0 Å². The summed E-state index contributed by atoms with van der Waals surface area (Å²) in [5.74, 6) is 1.49. The van der Waals surface area contributed by atoms with Gasteiger partial charge in [-0.2, -0.15) is 0 Å². The summed E-state index contributed by atoms with van der Waals surface area (Å²) in [6, 6.07) is 8.42. The van der Waals surface area contributed by atoms with E-state index in [4.69, 9.17) is 0 Å². The first kappa shape index (κ1) is 15.8.